The molecule has 22 aliphatic heterocycles. The molecule has 0 amide bonds. The predicted octanol–water partition coefficient (Wildman–Crippen LogP) is -12.3. The molecule has 12 bridgehead atoms. The molecule has 0 aromatic heterocycles. The molecule has 31 nitrogen and oxygen atoms in total. The molecule has 0 aliphatic carbocycles. The van der Waals surface area contributed by atoms with Crippen molar-refractivity contribution in [3.05, 3.63) is 0 Å². The van der Waals surface area contributed by atoms with Gasteiger partial charge in [0.1, 0.15) is 146 Å². The molecule has 22 fully saturated rings. The van der Waals surface area contributed by atoms with Crippen LogP contribution in [0.25, 0.3) is 0 Å². The highest BCUT2D eigenvalue weighted by Gasteiger charge is 2.59. The molecule has 31 atom stereocenters. The number of hydrogen-bond acceptors (Lipinski definition) is 31. The molecule has 22 aliphatic rings. The molecule has 0 saturated carbocycles. The third kappa shape index (κ3) is 11.9. The fraction of sp³-hybridized carbons (Fsp3) is 1.00. The second kappa shape index (κ2) is 24.8. The average molecular weight is 1040 g/mol. The van der Waals surface area contributed by atoms with Crippen LogP contribution in [0.15, 0.2) is 0 Å². The van der Waals surface area contributed by atoms with Gasteiger partial charge in [0.15, 0.2) is 37.7 Å². The summed E-state index contributed by atoms with van der Waals surface area (Å²) in [5.74, 6) is 0. The summed E-state index contributed by atoms with van der Waals surface area (Å²) in [6, 6.07) is 0. The summed E-state index contributed by atoms with van der Waals surface area (Å²) in [7, 11) is 0. The topological polar surface area (TPSA) is 484 Å². The normalized spacial score (nSPS) is 52.8. The Morgan fingerprint density at radius 3 is 0.746 bits per heavy atom. The lowest BCUT2D eigenvalue weighted by atomic mass is 9.94. The third-order valence-corrected chi connectivity index (χ3v) is 13.5. The molecule has 18 N–H and O–H groups in total. The molecule has 22 heterocycles. The van der Waals surface area contributed by atoms with Crippen molar-refractivity contribution in [2.45, 2.75) is 204 Å². The highest BCUT2D eigenvalue weighted by Crippen LogP contribution is 2.38. The zero-order chi connectivity index (χ0) is 51.7. The van der Waals surface area contributed by atoms with Crippen molar-refractivity contribution in [2.24, 2.45) is 0 Å². The van der Waals surface area contributed by atoms with E-state index in [2.05, 4.69) is 0 Å². The van der Waals surface area contributed by atoms with Crippen LogP contribution in [-0.2, 0) is 61.6 Å². The van der Waals surface area contributed by atoms with E-state index in [9.17, 15) is 91.9 Å². The van der Waals surface area contributed by atoms with Gasteiger partial charge in [0.05, 0.1) is 45.7 Å². The van der Waals surface area contributed by atoms with E-state index in [1.54, 1.807) is 0 Å². The number of hydrogen-bond donors (Lipinski definition) is 18. The Labute approximate surface area is 403 Å². The zero-order valence-electron chi connectivity index (χ0n) is 37.9. The third-order valence-electron chi connectivity index (χ3n) is 13.5. The Morgan fingerprint density at radius 2 is 0.521 bits per heavy atom. The van der Waals surface area contributed by atoms with Crippen molar-refractivity contribution in [2.75, 3.05) is 46.2 Å². The minimum Gasteiger partial charge on any atom is -0.394 e. The first-order valence-electron chi connectivity index (χ1n) is 23.1. The molecule has 414 valence electrons. The van der Waals surface area contributed by atoms with Crippen LogP contribution >= 0.6 is 0 Å². The maximum absolute atomic E-state index is 11.7. The van der Waals surface area contributed by atoms with Crippen LogP contribution in [-0.4, -0.2) is 329 Å². The molecule has 0 radical (unpaired) electrons. The monoisotopic (exact) mass is 1040 g/mol. The highest BCUT2D eigenvalue weighted by atomic mass is 16.8. The summed E-state index contributed by atoms with van der Waals surface area (Å²) in [5, 5.41) is 197. The van der Waals surface area contributed by atoms with Crippen molar-refractivity contribution in [1.29, 1.82) is 0 Å². The smallest absolute Gasteiger partial charge is 0.187 e. The molecule has 0 spiro atoms. The van der Waals surface area contributed by atoms with Gasteiger partial charge in [-0.05, 0) is 13.3 Å². The van der Waals surface area contributed by atoms with Gasteiger partial charge in [0.2, 0.25) is 0 Å². The number of rotatable bonds is 10. The summed E-state index contributed by atoms with van der Waals surface area (Å²) in [4.78, 5) is 0. The average Bonchev–Trinajstić information content (AvgIpc) is 3.35. The van der Waals surface area contributed by atoms with E-state index in [1.807, 2.05) is 0 Å². The molecular weight excluding hydrogens is 976 g/mol. The van der Waals surface area contributed by atoms with E-state index in [0.29, 0.717) is 0 Å². The Morgan fingerprint density at radius 1 is 0.310 bits per heavy atom. The second-order valence-electron chi connectivity index (χ2n) is 18.3. The summed E-state index contributed by atoms with van der Waals surface area (Å²) in [6.07, 6.45) is -58.6. The largest absolute Gasteiger partial charge is 0.394 e. The molecule has 22 rings (SSSR count). The predicted molar refractivity (Wildman–Crippen MR) is 216 cm³/mol. The number of aliphatic hydroxyl groups excluding tert-OH is 18. The Kier molecular flexibility index (Phi) is 20.1. The first-order chi connectivity index (χ1) is 33.8. The Hall–Kier alpha value is -1.24. The van der Waals surface area contributed by atoms with E-state index in [-0.39, 0.29) is 13.0 Å². The van der Waals surface area contributed by atoms with Crippen molar-refractivity contribution >= 4 is 0 Å². The summed E-state index contributed by atoms with van der Waals surface area (Å²) in [5.41, 5.74) is 0. The number of ether oxygens (including phenoxy) is 13. The van der Waals surface area contributed by atoms with Gasteiger partial charge in [0.25, 0.3) is 0 Å². The van der Waals surface area contributed by atoms with Crippen LogP contribution < -0.4 is 0 Å². The highest BCUT2D eigenvalue weighted by molar-refractivity contribution is 5.01. The van der Waals surface area contributed by atoms with Crippen LogP contribution in [0.2, 0.25) is 0 Å². The van der Waals surface area contributed by atoms with Crippen LogP contribution in [0.4, 0.5) is 0 Å². The molecule has 0 aromatic carbocycles. The van der Waals surface area contributed by atoms with Crippen molar-refractivity contribution in [3.63, 3.8) is 0 Å². The van der Waals surface area contributed by atoms with Crippen molar-refractivity contribution < 1.29 is 153 Å². The van der Waals surface area contributed by atoms with Gasteiger partial charge >= 0.3 is 0 Å². The summed E-state index contributed by atoms with van der Waals surface area (Å²) >= 11 is 0. The molecule has 31 heteroatoms. The minimum atomic E-state index is -2.15. The first-order valence-corrected chi connectivity index (χ1v) is 23.1. The van der Waals surface area contributed by atoms with Crippen LogP contribution in [0.1, 0.15) is 13.3 Å². The Balaban J connectivity index is 1.22. The van der Waals surface area contributed by atoms with Crippen molar-refractivity contribution in [3.8, 4) is 0 Å². The maximum atomic E-state index is 11.7. The fourth-order valence-electron chi connectivity index (χ4n) is 9.48. The summed E-state index contributed by atoms with van der Waals surface area (Å²) in [6.45, 7) is -4.82. The van der Waals surface area contributed by atoms with E-state index in [1.165, 1.54) is 6.92 Å². The van der Waals surface area contributed by atoms with Gasteiger partial charge in [-0.3, -0.25) is 0 Å². The van der Waals surface area contributed by atoms with Gasteiger partial charge in [-0.2, -0.15) is 0 Å². The SMILES string of the molecule is CC(O)CCO[C@@H]1[C@@H](O)[C@H]2O[C@H]3[C@H](O)[C@@H](O)[C@@H](O[C@H]4[C@H](O)[C@@H](O)[C@@H](O[C@H]5[C@H](O)[C@@H](O)[C@@H](O[C@H]6[C@H](O)[C@@H](O)[C@@H](O[C@H]7[C@H](O)[C@@H](O)[C@@H](O[C@H]1[C@@H](CO)O2)O[C@@H]7CO)O[C@@H]6CO)O[C@@H]5CO)O[C@@H]4CO)O[C@@H]3CO. The minimum absolute atomic E-state index is 0.0329. The first kappa shape index (κ1) is 57.5. The molecular formula is C40H68O31. The molecule has 22 saturated heterocycles. The standard InChI is InChI=1S/C40H68O31/c1-10(47)2-3-59-34-27(58)40-65-16(9-46)33(34)71-39-26(57)21(52)31(14(7-44)64-39)69-37-24(55)19(50)29(12(5-42)62-37)67-35-22(53)17(48)28(11(4-41)60-35)66-36-23(54)18(49)30(13(6-43)61-36)68-38-25(56)20(51)32(70-40)15(8-45)63-38/h10-58H,2-9H2,1H3/t10?,11-,12-,13-,14-,15-,16-,17-,18-,19-,20-,21-,22-,23-,24-,25-,26-,27-,28-,29-,30-,31-,32-,33+,34-,35-,36-,37-,38-,39-,40-/m1/s1. The van der Waals surface area contributed by atoms with Crippen LogP contribution in [0.5, 0.6) is 0 Å². The quantitative estimate of drug-likeness (QED) is 0.0966. The Bertz CT molecular complexity index is 1610. The van der Waals surface area contributed by atoms with E-state index in [4.69, 9.17) is 61.6 Å². The lowest BCUT2D eigenvalue weighted by Gasteiger charge is -2.51. The van der Waals surface area contributed by atoms with Crippen LogP contribution in [0.3, 0.4) is 0 Å². The number of aliphatic hydroxyl groups is 18. The van der Waals surface area contributed by atoms with Crippen molar-refractivity contribution in [1.82, 2.24) is 0 Å². The van der Waals surface area contributed by atoms with E-state index in [0.717, 1.165) is 0 Å². The fourth-order valence-corrected chi connectivity index (χ4v) is 9.48. The van der Waals surface area contributed by atoms with Gasteiger partial charge in [-0.15, -0.1) is 0 Å². The second-order valence-corrected chi connectivity index (χ2v) is 18.3. The molecule has 71 heavy (non-hydrogen) atoms. The maximum Gasteiger partial charge on any atom is 0.187 e. The lowest BCUT2D eigenvalue weighted by molar-refractivity contribution is -0.405. The summed E-state index contributed by atoms with van der Waals surface area (Å²) < 4.78 is 75.1. The van der Waals surface area contributed by atoms with E-state index < -0.39 is 230 Å². The van der Waals surface area contributed by atoms with Gasteiger partial charge in [-0.25, -0.2) is 0 Å². The molecule has 1 unspecified atom stereocenters. The molecule has 0 aromatic rings. The lowest BCUT2D eigenvalue weighted by Crippen LogP contribution is -2.69. The zero-order valence-corrected chi connectivity index (χ0v) is 37.9. The van der Waals surface area contributed by atoms with Gasteiger partial charge < -0.3 is 153 Å². The van der Waals surface area contributed by atoms with Crippen LogP contribution in [0, 0.1) is 0 Å². The van der Waals surface area contributed by atoms with Gasteiger partial charge in [-0.1, -0.05) is 0 Å². The van der Waals surface area contributed by atoms with E-state index >= 15 is 0 Å². The van der Waals surface area contributed by atoms with Gasteiger partial charge in [0, 0.05) is 6.61 Å².